The lowest BCUT2D eigenvalue weighted by atomic mass is 9.95. The maximum Gasteiger partial charge on any atom is 0.238 e. The summed E-state index contributed by atoms with van der Waals surface area (Å²) < 4.78 is 0. The van der Waals surface area contributed by atoms with Gasteiger partial charge in [-0.25, -0.2) is 5.84 Å². The normalized spacial score (nSPS) is 16.3. The number of hydrogen-bond acceptors (Lipinski definition) is 4. The van der Waals surface area contributed by atoms with Gasteiger partial charge in [-0.15, -0.1) is 0 Å². The molecule has 0 bridgehead atoms. The number of hydrazine groups is 1. The third-order valence-electron chi connectivity index (χ3n) is 3.23. The Balaban J connectivity index is 4.57. The number of aliphatic hydroxyl groups excluding tert-OH is 1. The first-order valence-electron chi connectivity index (χ1n) is 5.12. The van der Waals surface area contributed by atoms with Crippen LogP contribution in [0.15, 0.2) is 0 Å². The molecule has 0 saturated heterocycles. The predicted molar refractivity (Wildman–Crippen MR) is 59.9 cm³/mol. The molecule has 5 heteroatoms. The molecule has 90 valence electrons. The summed E-state index contributed by atoms with van der Waals surface area (Å²) in [5.41, 5.74) is 1.80. The van der Waals surface area contributed by atoms with Crippen molar-refractivity contribution in [2.24, 2.45) is 11.8 Å². The first-order chi connectivity index (χ1) is 6.77. The topological polar surface area (TPSA) is 78.6 Å². The average molecular weight is 217 g/mol. The first-order valence-corrected chi connectivity index (χ1v) is 5.12. The Morgan fingerprint density at radius 2 is 2.00 bits per heavy atom. The zero-order valence-corrected chi connectivity index (χ0v) is 10.2. The number of nitrogens with two attached hydrogens (primary N) is 1. The highest BCUT2D eigenvalue weighted by atomic mass is 16.3. The third-order valence-corrected chi connectivity index (χ3v) is 3.23. The molecule has 0 aliphatic rings. The summed E-state index contributed by atoms with van der Waals surface area (Å²) in [6, 6.07) is 0.00991. The number of nitrogens with zero attached hydrogens (tertiary/aromatic N) is 1. The van der Waals surface area contributed by atoms with Crippen LogP contribution in [0, 0.1) is 5.92 Å². The highest BCUT2D eigenvalue weighted by Crippen LogP contribution is 2.19. The fourth-order valence-electron chi connectivity index (χ4n) is 1.35. The van der Waals surface area contributed by atoms with Crippen molar-refractivity contribution in [3.05, 3.63) is 0 Å². The molecular weight excluding hydrogens is 194 g/mol. The summed E-state index contributed by atoms with van der Waals surface area (Å²) in [5.74, 6) is 4.68. The van der Waals surface area contributed by atoms with Gasteiger partial charge in [0.15, 0.2) is 0 Å². The second kappa shape index (κ2) is 5.44. The van der Waals surface area contributed by atoms with Crippen molar-refractivity contribution in [3.63, 3.8) is 0 Å². The summed E-state index contributed by atoms with van der Waals surface area (Å²) in [5, 5.41) is 9.22. The van der Waals surface area contributed by atoms with E-state index in [1.165, 1.54) is 0 Å². The molecule has 5 nitrogen and oxygen atoms in total. The molecular formula is C10H23N3O2. The number of nitrogens with one attached hydrogen (secondary N) is 1. The van der Waals surface area contributed by atoms with Crippen LogP contribution in [0.4, 0.5) is 0 Å². The smallest absolute Gasteiger partial charge is 0.238 e. The number of carbonyl (C=O) groups is 1. The zero-order valence-electron chi connectivity index (χ0n) is 10.2. The van der Waals surface area contributed by atoms with E-state index >= 15 is 0 Å². The fourth-order valence-corrected chi connectivity index (χ4v) is 1.35. The summed E-state index contributed by atoms with van der Waals surface area (Å²) in [6.45, 7) is 7.66. The molecule has 0 aromatic rings. The Morgan fingerprint density at radius 1 is 1.53 bits per heavy atom. The van der Waals surface area contributed by atoms with Gasteiger partial charge >= 0.3 is 0 Å². The van der Waals surface area contributed by atoms with E-state index < -0.39 is 0 Å². The van der Waals surface area contributed by atoms with Gasteiger partial charge < -0.3 is 5.11 Å². The van der Waals surface area contributed by atoms with Crippen LogP contribution >= 0.6 is 0 Å². The van der Waals surface area contributed by atoms with Gasteiger partial charge in [-0.3, -0.25) is 15.1 Å². The Kier molecular flexibility index (Phi) is 5.20. The van der Waals surface area contributed by atoms with Crippen molar-refractivity contribution in [1.82, 2.24) is 10.3 Å². The minimum atomic E-state index is -0.345. The van der Waals surface area contributed by atoms with E-state index in [0.717, 1.165) is 0 Å². The Morgan fingerprint density at radius 3 is 2.33 bits per heavy atom. The van der Waals surface area contributed by atoms with E-state index in [0.29, 0.717) is 0 Å². The number of amides is 1. The molecule has 4 N–H and O–H groups in total. The molecule has 0 radical (unpaired) electrons. The quantitative estimate of drug-likeness (QED) is 0.336. The molecule has 2 atom stereocenters. The standard InChI is InChI=1S/C10H23N3O2/c1-7(9(15)12-11)8(2)13(5)10(3,4)6-14/h7-8,14H,6,11H2,1-5H3,(H,12,15). The van der Waals surface area contributed by atoms with Gasteiger partial charge in [-0.1, -0.05) is 6.92 Å². The monoisotopic (exact) mass is 217 g/mol. The van der Waals surface area contributed by atoms with Crippen molar-refractivity contribution in [3.8, 4) is 0 Å². The highest BCUT2D eigenvalue weighted by Gasteiger charge is 2.31. The van der Waals surface area contributed by atoms with Crippen molar-refractivity contribution >= 4 is 5.91 Å². The van der Waals surface area contributed by atoms with E-state index in [-0.39, 0.29) is 30.0 Å². The predicted octanol–water partition coefficient (Wildman–Crippen LogP) is -0.296. The minimum absolute atomic E-state index is 0.00991. The molecule has 0 fully saturated rings. The third kappa shape index (κ3) is 3.44. The van der Waals surface area contributed by atoms with Crippen molar-refractivity contribution in [1.29, 1.82) is 0 Å². The average Bonchev–Trinajstić information content (AvgIpc) is 2.24. The van der Waals surface area contributed by atoms with Gasteiger partial charge in [0.1, 0.15) is 0 Å². The van der Waals surface area contributed by atoms with Crippen LogP contribution < -0.4 is 11.3 Å². The van der Waals surface area contributed by atoms with Gasteiger partial charge in [-0.05, 0) is 27.8 Å². The Labute approximate surface area is 91.6 Å². The van der Waals surface area contributed by atoms with Crippen LogP contribution in [0.1, 0.15) is 27.7 Å². The van der Waals surface area contributed by atoms with E-state index in [9.17, 15) is 9.90 Å². The van der Waals surface area contributed by atoms with E-state index in [1.54, 1.807) is 0 Å². The second-order valence-electron chi connectivity index (χ2n) is 4.62. The number of aliphatic hydroxyl groups is 1. The van der Waals surface area contributed by atoms with Gasteiger partial charge in [0.05, 0.1) is 12.5 Å². The van der Waals surface area contributed by atoms with Crippen molar-refractivity contribution < 1.29 is 9.90 Å². The molecule has 0 aliphatic heterocycles. The summed E-state index contributed by atoms with van der Waals surface area (Å²) in [6.07, 6.45) is 0. The molecule has 0 saturated carbocycles. The van der Waals surface area contributed by atoms with E-state index in [4.69, 9.17) is 5.84 Å². The molecule has 0 spiro atoms. The number of carbonyl (C=O) groups excluding carboxylic acids is 1. The minimum Gasteiger partial charge on any atom is -0.394 e. The maximum absolute atomic E-state index is 11.3. The van der Waals surface area contributed by atoms with Crippen LogP contribution in [0.25, 0.3) is 0 Å². The molecule has 1 amide bonds. The highest BCUT2D eigenvalue weighted by molar-refractivity contribution is 5.78. The molecule has 15 heavy (non-hydrogen) atoms. The zero-order chi connectivity index (χ0) is 12.2. The summed E-state index contributed by atoms with van der Waals surface area (Å²) >= 11 is 0. The van der Waals surface area contributed by atoms with Gasteiger partial charge in [0.2, 0.25) is 5.91 Å². The summed E-state index contributed by atoms with van der Waals surface area (Å²) in [7, 11) is 1.89. The van der Waals surface area contributed by atoms with Crippen LogP contribution in [0.2, 0.25) is 0 Å². The molecule has 2 unspecified atom stereocenters. The second-order valence-corrected chi connectivity index (χ2v) is 4.62. The molecule has 0 aliphatic carbocycles. The van der Waals surface area contributed by atoms with Crippen LogP contribution in [-0.4, -0.2) is 41.1 Å². The van der Waals surface area contributed by atoms with Crippen molar-refractivity contribution in [2.75, 3.05) is 13.7 Å². The molecule has 0 heterocycles. The molecule has 0 aromatic carbocycles. The lowest BCUT2D eigenvalue weighted by Crippen LogP contribution is -2.53. The Bertz CT molecular complexity index is 219. The van der Waals surface area contributed by atoms with Gasteiger partial charge in [-0.2, -0.15) is 0 Å². The summed E-state index contributed by atoms with van der Waals surface area (Å²) in [4.78, 5) is 13.3. The van der Waals surface area contributed by atoms with Crippen LogP contribution in [0.5, 0.6) is 0 Å². The van der Waals surface area contributed by atoms with Gasteiger partial charge in [0, 0.05) is 11.6 Å². The first kappa shape index (κ1) is 14.3. The van der Waals surface area contributed by atoms with Crippen molar-refractivity contribution in [2.45, 2.75) is 39.3 Å². The van der Waals surface area contributed by atoms with Crippen LogP contribution in [0.3, 0.4) is 0 Å². The largest absolute Gasteiger partial charge is 0.394 e. The van der Waals surface area contributed by atoms with Gasteiger partial charge in [0.25, 0.3) is 0 Å². The fraction of sp³-hybridized carbons (Fsp3) is 0.900. The lowest BCUT2D eigenvalue weighted by molar-refractivity contribution is -0.127. The van der Waals surface area contributed by atoms with Crippen LogP contribution in [-0.2, 0) is 4.79 Å². The maximum atomic E-state index is 11.3. The Hall–Kier alpha value is -0.650. The molecule has 0 aromatic heterocycles. The number of likely N-dealkylation sites (N-methyl/N-ethyl adjacent to an activating group) is 1. The number of rotatable bonds is 5. The molecule has 0 rings (SSSR count). The van der Waals surface area contributed by atoms with E-state index in [2.05, 4.69) is 5.43 Å². The number of hydrogen-bond donors (Lipinski definition) is 3. The lowest BCUT2D eigenvalue weighted by Gasteiger charge is -2.40. The SMILES string of the molecule is CC(C(=O)NN)C(C)N(C)C(C)(C)CO. The van der Waals surface area contributed by atoms with E-state index in [1.807, 2.05) is 39.6 Å².